The number of unbranched alkanes of at least 4 members (excludes halogenated alkanes) is 3. The van der Waals surface area contributed by atoms with Crippen molar-refractivity contribution >= 4 is 5.97 Å². The molecule has 0 bridgehead atoms. The second kappa shape index (κ2) is 10.5. The molecule has 1 N–H and O–H groups in total. The van der Waals surface area contributed by atoms with Crippen molar-refractivity contribution in [2.45, 2.75) is 44.9 Å². The maximum absolute atomic E-state index is 11.7. The minimum absolute atomic E-state index is 0.409. The quantitative estimate of drug-likeness (QED) is 0.571. The van der Waals surface area contributed by atoms with E-state index in [2.05, 4.69) is 6.92 Å². The first-order chi connectivity index (χ1) is 12.7. The van der Waals surface area contributed by atoms with Crippen LogP contribution in [0.5, 0.6) is 11.5 Å². The first-order valence-electron chi connectivity index (χ1n) is 9.23. The summed E-state index contributed by atoms with van der Waals surface area (Å²) in [7, 11) is 1.61. The Morgan fingerprint density at radius 2 is 1.81 bits per heavy atom. The van der Waals surface area contributed by atoms with Crippen molar-refractivity contribution in [2.75, 3.05) is 13.7 Å². The van der Waals surface area contributed by atoms with E-state index in [1.807, 2.05) is 48.5 Å². The first-order valence-corrected chi connectivity index (χ1v) is 9.23. The van der Waals surface area contributed by atoms with Gasteiger partial charge < -0.3 is 14.6 Å². The Hall–Kier alpha value is -2.49. The second-order valence-corrected chi connectivity index (χ2v) is 6.40. The Kier molecular flexibility index (Phi) is 8.00. The second-order valence-electron chi connectivity index (χ2n) is 6.40. The summed E-state index contributed by atoms with van der Waals surface area (Å²) in [5.74, 6) is -0.0531. The highest BCUT2D eigenvalue weighted by Gasteiger charge is 2.20. The van der Waals surface area contributed by atoms with Crippen molar-refractivity contribution in [1.82, 2.24) is 0 Å². The number of ether oxygens (including phenoxy) is 2. The highest BCUT2D eigenvalue weighted by atomic mass is 16.5. The number of hydrogen-bond donors (Lipinski definition) is 1. The van der Waals surface area contributed by atoms with E-state index >= 15 is 0 Å². The average Bonchev–Trinajstić information content (AvgIpc) is 2.67. The van der Waals surface area contributed by atoms with E-state index in [0.717, 1.165) is 24.0 Å². The van der Waals surface area contributed by atoms with Crippen LogP contribution < -0.4 is 9.47 Å². The van der Waals surface area contributed by atoms with Gasteiger partial charge in [0.2, 0.25) is 0 Å². The van der Waals surface area contributed by atoms with Crippen molar-refractivity contribution in [2.24, 2.45) is 0 Å². The van der Waals surface area contributed by atoms with Crippen LogP contribution in [0.4, 0.5) is 0 Å². The molecular weight excluding hydrogens is 328 g/mol. The summed E-state index contributed by atoms with van der Waals surface area (Å²) >= 11 is 0. The number of aliphatic carboxylic acids is 1. The van der Waals surface area contributed by atoms with Crippen molar-refractivity contribution in [3.63, 3.8) is 0 Å². The highest BCUT2D eigenvalue weighted by molar-refractivity contribution is 5.76. The van der Waals surface area contributed by atoms with Gasteiger partial charge in [-0.1, -0.05) is 62.6 Å². The van der Waals surface area contributed by atoms with Gasteiger partial charge in [0.1, 0.15) is 0 Å². The molecule has 2 aromatic rings. The van der Waals surface area contributed by atoms with E-state index in [1.54, 1.807) is 7.11 Å². The van der Waals surface area contributed by atoms with Crippen LogP contribution in [-0.2, 0) is 11.2 Å². The number of benzene rings is 2. The van der Waals surface area contributed by atoms with Gasteiger partial charge in [0.05, 0.1) is 19.6 Å². The van der Waals surface area contributed by atoms with Crippen LogP contribution in [0.15, 0.2) is 48.5 Å². The van der Waals surface area contributed by atoms with E-state index in [1.165, 1.54) is 12.8 Å². The zero-order valence-electron chi connectivity index (χ0n) is 15.6. The Balaban J connectivity index is 2.06. The SMILES string of the molecule is CCCCCCOc1ccc(CC(C(=O)O)c2ccccc2)cc1OC. The molecule has 1 atom stereocenters. The highest BCUT2D eigenvalue weighted by Crippen LogP contribution is 2.31. The van der Waals surface area contributed by atoms with E-state index in [9.17, 15) is 9.90 Å². The zero-order chi connectivity index (χ0) is 18.8. The molecule has 0 amide bonds. The third-order valence-corrected chi connectivity index (χ3v) is 4.42. The largest absolute Gasteiger partial charge is 0.493 e. The lowest BCUT2D eigenvalue weighted by Gasteiger charge is -2.15. The van der Waals surface area contributed by atoms with Gasteiger partial charge in [-0.15, -0.1) is 0 Å². The van der Waals surface area contributed by atoms with Crippen molar-refractivity contribution < 1.29 is 19.4 Å². The van der Waals surface area contributed by atoms with Crippen LogP contribution in [0.3, 0.4) is 0 Å². The van der Waals surface area contributed by atoms with Crippen LogP contribution >= 0.6 is 0 Å². The number of rotatable bonds is 11. The number of hydrogen-bond acceptors (Lipinski definition) is 3. The summed E-state index contributed by atoms with van der Waals surface area (Å²) in [6.07, 6.45) is 5.01. The maximum Gasteiger partial charge on any atom is 0.311 e. The lowest BCUT2D eigenvalue weighted by molar-refractivity contribution is -0.138. The molecular formula is C22H28O4. The molecule has 0 spiro atoms. The Bertz CT molecular complexity index is 682. The first kappa shape index (κ1) is 19.8. The van der Waals surface area contributed by atoms with Crippen LogP contribution in [-0.4, -0.2) is 24.8 Å². The molecule has 1 unspecified atom stereocenters. The Morgan fingerprint density at radius 1 is 1.04 bits per heavy atom. The molecule has 26 heavy (non-hydrogen) atoms. The fourth-order valence-corrected chi connectivity index (χ4v) is 2.94. The van der Waals surface area contributed by atoms with Gasteiger partial charge in [0.25, 0.3) is 0 Å². The van der Waals surface area contributed by atoms with Crippen molar-refractivity contribution in [1.29, 1.82) is 0 Å². The number of carboxylic acid groups (broad SMARTS) is 1. The molecule has 0 heterocycles. The third kappa shape index (κ3) is 5.80. The topological polar surface area (TPSA) is 55.8 Å². The van der Waals surface area contributed by atoms with Crippen LogP contribution in [0.1, 0.15) is 49.7 Å². The Labute approximate surface area is 155 Å². The lowest BCUT2D eigenvalue weighted by atomic mass is 9.92. The van der Waals surface area contributed by atoms with Crippen molar-refractivity contribution in [3.8, 4) is 11.5 Å². The van der Waals surface area contributed by atoms with E-state index in [4.69, 9.17) is 9.47 Å². The molecule has 140 valence electrons. The monoisotopic (exact) mass is 356 g/mol. The summed E-state index contributed by atoms with van der Waals surface area (Å²) in [4.78, 5) is 11.7. The van der Waals surface area contributed by atoms with Crippen molar-refractivity contribution in [3.05, 3.63) is 59.7 Å². The molecule has 4 heteroatoms. The van der Waals surface area contributed by atoms with E-state index in [-0.39, 0.29) is 0 Å². The summed E-state index contributed by atoms with van der Waals surface area (Å²) < 4.78 is 11.3. The molecule has 2 aromatic carbocycles. The fraction of sp³-hybridized carbons (Fsp3) is 0.409. The molecule has 0 aliphatic heterocycles. The predicted octanol–water partition coefficient (Wildman–Crippen LogP) is 5.07. The molecule has 0 aliphatic rings. The summed E-state index contributed by atoms with van der Waals surface area (Å²) in [6.45, 7) is 2.85. The van der Waals surface area contributed by atoms with Gasteiger partial charge in [-0.3, -0.25) is 4.79 Å². The number of carboxylic acids is 1. The smallest absolute Gasteiger partial charge is 0.311 e. The minimum Gasteiger partial charge on any atom is -0.493 e. The summed E-state index contributed by atoms with van der Waals surface area (Å²) in [5.41, 5.74) is 1.71. The molecule has 0 saturated carbocycles. The minimum atomic E-state index is -0.827. The fourth-order valence-electron chi connectivity index (χ4n) is 2.94. The van der Waals surface area contributed by atoms with Crippen LogP contribution in [0.25, 0.3) is 0 Å². The summed E-state index contributed by atoms with van der Waals surface area (Å²) in [6, 6.07) is 15.0. The molecule has 0 saturated heterocycles. The van der Waals surface area contributed by atoms with Crippen LogP contribution in [0.2, 0.25) is 0 Å². The molecule has 4 nitrogen and oxygen atoms in total. The van der Waals surface area contributed by atoms with Gasteiger partial charge in [-0.25, -0.2) is 0 Å². The zero-order valence-corrected chi connectivity index (χ0v) is 15.6. The molecule has 0 aliphatic carbocycles. The maximum atomic E-state index is 11.7. The lowest BCUT2D eigenvalue weighted by Crippen LogP contribution is -2.14. The van der Waals surface area contributed by atoms with Crippen LogP contribution in [0, 0.1) is 0 Å². The van der Waals surface area contributed by atoms with E-state index in [0.29, 0.717) is 24.5 Å². The van der Waals surface area contributed by atoms with Gasteiger partial charge in [-0.05, 0) is 36.1 Å². The molecule has 0 radical (unpaired) electrons. The molecule has 0 aromatic heterocycles. The van der Waals surface area contributed by atoms with Gasteiger partial charge >= 0.3 is 5.97 Å². The number of carbonyl (C=O) groups is 1. The van der Waals surface area contributed by atoms with Gasteiger partial charge in [0, 0.05) is 0 Å². The molecule has 2 rings (SSSR count). The normalized spacial score (nSPS) is 11.8. The number of methoxy groups -OCH3 is 1. The van der Waals surface area contributed by atoms with E-state index < -0.39 is 11.9 Å². The van der Waals surface area contributed by atoms with Gasteiger partial charge in [-0.2, -0.15) is 0 Å². The summed E-state index contributed by atoms with van der Waals surface area (Å²) in [5, 5.41) is 9.60. The average molecular weight is 356 g/mol. The predicted molar refractivity (Wildman–Crippen MR) is 103 cm³/mol. The third-order valence-electron chi connectivity index (χ3n) is 4.42. The molecule has 0 fully saturated rings. The Morgan fingerprint density at radius 3 is 2.46 bits per heavy atom. The van der Waals surface area contributed by atoms with Gasteiger partial charge in [0.15, 0.2) is 11.5 Å². The standard InChI is InChI=1S/C22H28O4/c1-3-4-5-9-14-26-20-13-12-17(16-21(20)25-2)15-19(22(23)24)18-10-7-6-8-11-18/h6-8,10-13,16,19H,3-5,9,14-15H2,1-2H3,(H,23,24).